The molecule has 1 aromatic carbocycles. The largest absolute Gasteiger partial charge is 0.395 e. The maximum Gasteiger partial charge on any atom is 0.242 e. The van der Waals surface area contributed by atoms with E-state index in [9.17, 15) is 9.90 Å². The minimum atomic E-state index is 0.0333. The van der Waals surface area contributed by atoms with Crippen LogP contribution in [-0.4, -0.2) is 47.7 Å². The van der Waals surface area contributed by atoms with Gasteiger partial charge in [-0.3, -0.25) is 4.79 Å². The molecule has 0 spiro atoms. The van der Waals surface area contributed by atoms with E-state index in [4.69, 9.17) is 0 Å². The second-order valence-corrected chi connectivity index (χ2v) is 5.47. The molecule has 4 nitrogen and oxygen atoms in total. The van der Waals surface area contributed by atoms with Crippen LogP contribution >= 0.6 is 0 Å². The Morgan fingerprint density at radius 1 is 1.10 bits per heavy atom. The van der Waals surface area contributed by atoms with Crippen molar-refractivity contribution in [3.05, 3.63) is 30.3 Å². The summed E-state index contributed by atoms with van der Waals surface area (Å²) in [4.78, 5) is 16.3. The molecule has 20 heavy (non-hydrogen) atoms. The van der Waals surface area contributed by atoms with Crippen LogP contribution < -0.4 is 4.90 Å². The summed E-state index contributed by atoms with van der Waals surface area (Å²) in [5, 5.41) is 9.20. The molecule has 0 aliphatic carbocycles. The number of amides is 1. The van der Waals surface area contributed by atoms with E-state index in [2.05, 4.69) is 0 Å². The lowest BCUT2D eigenvalue weighted by atomic mass is 10.2. The quantitative estimate of drug-likeness (QED) is 0.831. The Hall–Kier alpha value is -1.55. The summed E-state index contributed by atoms with van der Waals surface area (Å²) in [5.74, 6) is 0.0901. The molecule has 1 amide bonds. The first-order valence-electron chi connectivity index (χ1n) is 7.19. The average molecular weight is 278 g/mol. The third kappa shape index (κ3) is 4.53. The Balaban J connectivity index is 2.82. The third-order valence-electron chi connectivity index (χ3n) is 3.22. The first kappa shape index (κ1) is 16.5. The van der Waals surface area contributed by atoms with E-state index >= 15 is 0 Å². The number of nitrogens with zero attached hydrogens (tertiary/aromatic N) is 2. The molecule has 4 heteroatoms. The number of carbonyl (C=O) groups is 1. The second-order valence-electron chi connectivity index (χ2n) is 5.47. The molecule has 0 saturated carbocycles. The molecule has 0 bridgehead atoms. The molecule has 0 heterocycles. The van der Waals surface area contributed by atoms with Gasteiger partial charge in [-0.2, -0.15) is 0 Å². The van der Waals surface area contributed by atoms with E-state index in [1.165, 1.54) is 0 Å². The van der Waals surface area contributed by atoms with Gasteiger partial charge in [0, 0.05) is 24.3 Å². The van der Waals surface area contributed by atoms with Gasteiger partial charge in [-0.25, -0.2) is 0 Å². The zero-order valence-corrected chi connectivity index (χ0v) is 12.9. The highest BCUT2D eigenvalue weighted by molar-refractivity contribution is 5.82. The van der Waals surface area contributed by atoms with E-state index in [1.54, 1.807) is 0 Å². The smallest absolute Gasteiger partial charge is 0.242 e. The summed E-state index contributed by atoms with van der Waals surface area (Å²) in [6.07, 6.45) is 0. The SMILES string of the molecule is CC(C)N(C(=O)CN(CCO)c1ccccc1)C(C)C. The molecule has 0 aliphatic rings. The maximum atomic E-state index is 12.5. The summed E-state index contributed by atoms with van der Waals surface area (Å²) < 4.78 is 0. The molecule has 1 N–H and O–H groups in total. The molecule has 0 fully saturated rings. The second kappa shape index (κ2) is 7.90. The number of aliphatic hydroxyl groups excluding tert-OH is 1. The van der Waals surface area contributed by atoms with Gasteiger partial charge in [-0.15, -0.1) is 0 Å². The van der Waals surface area contributed by atoms with Crippen LogP contribution in [0.25, 0.3) is 0 Å². The minimum Gasteiger partial charge on any atom is -0.395 e. The average Bonchev–Trinajstić information content (AvgIpc) is 2.38. The van der Waals surface area contributed by atoms with Crippen molar-refractivity contribution in [2.24, 2.45) is 0 Å². The van der Waals surface area contributed by atoms with Crippen molar-refractivity contribution in [3.8, 4) is 0 Å². The predicted molar refractivity (Wildman–Crippen MR) is 82.9 cm³/mol. The van der Waals surface area contributed by atoms with Crippen LogP contribution in [0.3, 0.4) is 0 Å². The number of anilines is 1. The zero-order chi connectivity index (χ0) is 15.1. The van der Waals surface area contributed by atoms with Crippen LogP contribution in [0.5, 0.6) is 0 Å². The van der Waals surface area contributed by atoms with Crippen molar-refractivity contribution in [1.82, 2.24) is 4.90 Å². The van der Waals surface area contributed by atoms with Gasteiger partial charge in [-0.1, -0.05) is 18.2 Å². The summed E-state index contributed by atoms with van der Waals surface area (Å²) >= 11 is 0. The predicted octanol–water partition coefficient (Wildman–Crippen LogP) is 2.13. The van der Waals surface area contributed by atoms with E-state index < -0.39 is 0 Å². The van der Waals surface area contributed by atoms with Crippen molar-refractivity contribution in [2.75, 3.05) is 24.6 Å². The Morgan fingerprint density at radius 2 is 1.65 bits per heavy atom. The number of hydrogen-bond donors (Lipinski definition) is 1. The van der Waals surface area contributed by atoms with Gasteiger partial charge in [-0.05, 0) is 39.8 Å². The minimum absolute atomic E-state index is 0.0333. The van der Waals surface area contributed by atoms with Gasteiger partial charge in [0.1, 0.15) is 0 Å². The fourth-order valence-corrected chi connectivity index (χ4v) is 2.48. The van der Waals surface area contributed by atoms with Crippen molar-refractivity contribution in [2.45, 2.75) is 39.8 Å². The standard InChI is InChI=1S/C16H26N2O2/c1-13(2)18(14(3)4)16(20)12-17(10-11-19)15-8-6-5-7-9-15/h5-9,13-14,19H,10-12H2,1-4H3. The van der Waals surface area contributed by atoms with Gasteiger partial charge in [0.25, 0.3) is 0 Å². The first-order chi connectivity index (χ1) is 9.47. The fourth-order valence-electron chi connectivity index (χ4n) is 2.48. The monoisotopic (exact) mass is 278 g/mol. The lowest BCUT2D eigenvalue weighted by Crippen LogP contribution is -2.47. The Labute approximate surface area is 122 Å². The van der Waals surface area contributed by atoms with Crippen LogP contribution in [0.4, 0.5) is 5.69 Å². The molecular weight excluding hydrogens is 252 g/mol. The lowest BCUT2D eigenvalue weighted by molar-refractivity contribution is -0.133. The molecule has 112 valence electrons. The molecule has 0 radical (unpaired) electrons. The summed E-state index contributed by atoms with van der Waals surface area (Å²) in [6, 6.07) is 10.1. The third-order valence-corrected chi connectivity index (χ3v) is 3.22. The molecule has 0 aromatic heterocycles. The number of hydrogen-bond acceptors (Lipinski definition) is 3. The van der Waals surface area contributed by atoms with Gasteiger partial charge < -0.3 is 14.9 Å². The first-order valence-corrected chi connectivity index (χ1v) is 7.19. The number of aliphatic hydroxyl groups is 1. The van der Waals surface area contributed by atoms with Crippen molar-refractivity contribution >= 4 is 11.6 Å². The van der Waals surface area contributed by atoms with E-state index in [0.29, 0.717) is 13.1 Å². The van der Waals surface area contributed by atoms with Gasteiger partial charge in [0.2, 0.25) is 5.91 Å². The zero-order valence-electron chi connectivity index (χ0n) is 12.9. The highest BCUT2D eigenvalue weighted by Crippen LogP contribution is 2.14. The van der Waals surface area contributed by atoms with Crippen LogP contribution in [-0.2, 0) is 4.79 Å². The van der Waals surface area contributed by atoms with Crippen LogP contribution in [0, 0.1) is 0 Å². The molecule has 0 atom stereocenters. The van der Waals surface area contributed by atoms with Gasteiger partial charge in [0.05, 0.1) is 13.2 Å². The summed E-state index contributed by atoms with van der Waals surface area (Å²) in [5.41, 5.74) is 0.961. The molecule has 0 unspecified atom stereocenters. The molecule has 0 saturated heterocycles. The molecule has 1 rings (SSSR count). The Bertz CT molecular complexity index is 396. The normalized spacial score (nSPS) is 10.9. The molecular formula is C16H26N2O2. The van der Waals surface area contributed by atoms with Crippen molar-refractivity contribution in [3.63, 3.8) is 0 Å². The topological polar surface area (TPSA) is 43.8 Å². The molecule has 1 aromatic rings. The lowest BCUT2D eigenvalue weighted by Gasteiger charge is -2.33. The van der Waals surface area contributed by atoms with E-state index in [1.807, 2.05) is 67.8 Å². The van der Waals surface area contributed by atoms with Gasteiger partial charge >= 0.3 is 0 Å². The van der Waals surface area contributed by atoms with Crippen LogP contribution in [0.15, 0.2) is 30.3 Å². The fraction of sp³-hybridized carbons (Fsp3) is 0.562. The van der Waals surface area contributed by atoms with E-state index in [0.717, 1.165) is 5.69 Å². The molecule has 0 aliphatic heterocycles. The van der Waals surface area contributed by atoms with E-state index in [-0.39, 0.29) is 24.6 Å². The maximum absolute atomic E-state index is 12.5. The number of benzene rings is 1. The summed E-state index contributed by atoms with van der Waals surface area (Å²) in [6.45, 7) is 8.88. The Kier molecular flexibility index (Phi) is 6.52. The number of para-hydroxylation sites is 1. The van der Waals surface area contributed by atoms with Crippen molar-refractivity contribution < 1.29 is 9.90 Å². The van der Waals surface area contributed by atoms with Crippen LogP contribution in [0.2, 0.25) is 0 Å². The Morgan fingerprint density at radius 3 is 2.10 bits per heavy atom. The highest BCUT2D eigenvalue weighted by Gasteiger charge is 2.22. The number of carbonyl (C=O) groups excluding carboxylic acids is 1. The van der Waals surface area contributed by atoms with Crippen LogP contribution in [0.1, 0.15) is 27.7 Å². The number of rotatable bonds is 7. The van der Waals surface area contributed by atoms with Gasteiger partial charge in [0.15, 0.2) is 0 Å². The highest BCUT2D eigenvalue weighted by atomic mass is 16.3. The summed E-state index contributed by atoms with van der Waals surface area (Å²) in [7, 11) is 0. The van der Waals surface area contributed by atoms with Crippen molar-refractivity contribution in [1.29, 1.82) is 0 Å².